The van der Waals surface area contributed by atoms with Crippen molar-refractivity contribution in [3.63, 3.8) is 0 Å². The quantitative estimate of drug-likeness (QED) is 0.779. The molecule has 3 aliphatic rings. The SMILES string of the molecule is Cc1cccc(C(=O)N2C(C(=O)NC3CC3)COC23CCN(C(=O)CC(C)(C)C)CC3)c1. The van der Waals surface area contributed by atoms with Gasteiger partial charge in [-0.2, -0.15) is 0 Å². The van der Waals surface area contributed by atoms with Gasteiger partial charge >= 0.3 is 0 Å². The summed E-state index contributed by atoms with van der Waals surface area (Å²) >= 11 is 0. The fourth-order valence-corrected chi connectivity index (χ4v) is 4.68. The number of hydrogen-bond donors (Lipinski definition) is 1. The molecule has 174 valence electrons. The molecular formula is C25H35N3O4. The van der Waals surface area contributed by atoms with Crippen LogP contribution in [0.15, 0.2) is 24.3 Å². The van der Waals surface area contributed by atoms with Gasteiger partial charge in [-0.3, -0.25) is 19.3 Å². The molecule has 7 nitrogen and oxygen atoms in total. The topological polar surface area (TPSA) is 79.0 Å². The van der Waals surface area contributed by atoms with E-state index in [1.54, 1.807) is 11.0 Å². The molecule has 7 heteroatoms. The van der Waals surface area contributed by atoms with Crippen molar-refractivity contribution in [3.05, 3.63) is 35.4 Å². The van der Waals surface area contributed by atoms with Crippen LogP contribution in [0.5, 0.6) is 0 Å². The summed E-state index contributed by atoms with van der Waals surface area (Å²) in [5.74, 6) is -0.196. The maximum Gasteiger partial charge on any atom is 0.256 e. The molecule has 1 unspecified atom stereocenters. The highest BCUT2D eigenvalue weighted by atomic mass is 16.5. The van der Waals surface area contributed by atoms with Crippen LogP contribution in [0.2, 0.25) is 0 Å². The van der Waals surface area contributed by atoms with Crippen LogP contribution < -0.4 is 5.32 Å². The molecule has 1 saturated carbocycles. The number of carbonyl (C=O) groups excluding carboxylic acids is 3. The van der Waals surface area contributed by atoms with E-state index in [1.165, 1.54) is 0 Å². The van der Waals surface area contributed by atoms with E-state index in [4.69, 9.17) is 4.74 Å². The Kier molecular flexibility index (Phi) is 6.05. The van der Waals surface area contributed by atoms with E-state index < -0.39 is 11.8 Å². The third-order valence-corrected chi connectivity index (χ3v) is 6.55. The Morgan fingerprint density at radius 2 is 1.84 bits per heavy atom. The predicted octanol–water partition coefficient (Wildman–Crippen LogP) is 2.87. The zero-order valence-corrected chi connectivity index (χ0v) is 19.6. The lowest BCUT2D eigenvalue weighted by molar-refractivity contribution is -0.145. The largest absolute Gasteiger partial charge is 0.353 e. The number of rotatable bonds is 4. The standard InChI is InChI=1S/C25H35N3O4/c1-17-6-5-7-18(14-17)23(31)28-20(22(30)26-19-8-9-19)16-32-25(28)10-12-27(13-11-25)21(29)15-24(2,3)4/h5-7,14,19-20H,8-13,15-16H2,1-4H3,(H,26,30). The first-order valence-corrected chi connectivity index (χ1v) is 11.7. The Balaban J connectivity index is 1.55. The number of carbonyl (C=O) groups is 3. The van der Waals surface area contributed by atoms with Crippen molar-refractivity contribution < 1.29 is 19.1 Å². The Bertz CT molecular complexity index is 895. The lowest BCUT2D eigenvalue weighted by Gasteiger charge is -2.45. The predicted molar refractivity (Wildman–Crippen MR) is 121 cm³/mol. The second-order valence-electron chi connectivity index (χ2n) is 10.7. The molecule has 1 aromatic rings. The van der Waals surface area contributed by atoms with E-state index in [0.717, 1.165) is 18.4 Å². The number of benzene rings is 1. The third-order valence-electron chi connectivity index (χ3n) is 6.55. The van der Waals surface area contributed by atoms with Crippen molar-refractivity contribution in [2.75, 3.05) is 19.7 Å². The molecule has 3 fully saturated rings. The molecule has 0 bridgehead atoms. The van der Waals surface area contributed by atoms with Gasteiger partial charge < -0.3 is 15.0 Å². The van der Waals surface area contributed by atoms with Gasteiger partial charge in [0.25, 0.3) is 5.91 Å². The number of aryl methyl sites for hydroxylation is 1. The molecule has 2 heterocycles. The molecular weight excluding hydrogens is 406 g/mol. The maximum absolute atomic E-state index is 13.7. The highest BCUT2D eigenvalue weighted by molar-refractivity contribution is 5.98. The molecule has 1 atom stereocenters. The molecule has 2 saturated heterocycles. The van der Waals surface area contributed by atoms with Crippen LogP contribution in [-0.4, -0.2) is 65.0 Å². The van der Waals surface area contributed by atoms with E-state index in [2.05, 4.69) is 26.1 Å². The van der Waals surface area contributed by atoms with Crippen molar-refractivity contribution in [1.29, 1.82) is 0 Å². The van der Waals surface area contributed by atoms with Crippen molar-refractivity contribution >= 4 is 17.7 Å². The molecule has 3 amide bonds. The lowest BCUT2D eigenvalue weighted by Crippen LogP contribution is -2.60. The van der Waals surface area contributed by atoms with Crippen LogP contribution in [-0.2, 0) is 14.3 Å². The Morgan fingerprint density at radius 3 is 2.44 bits per heavy atom. The first kappa shape index (κ1) is 22.8. The normalized spacial score (nSPS) is 22.8. The molecule has 0 aromatic heterocycles. The van der Waals surface area contributed by atoms with Gasteiger partial charge in [0.15, 0.2) is 0 Å². The molecule has 2 aliphatic heterocycles. The first-order valence-electron chi connectivity index (χ1n) is 11.7. The summed E-state index contributed by atoms with van der Waals surface area (Å²) in [6, 6.07) is 7.01. The van der Waals surface area contributed by atoms with Crippen molar-refractivity contribution in [2.45, 2.75) is 77.6 Å². The van der Waals surface area contributed by atoms with Crippen LogP contribution in [0.1, 0.15) is 68.8 Å². The smallest absolute Gasteiger partial charge is 0.256 e. The van der Waals surface area contributed by atoms with E-state index in [-0.39, 0.29) is 35.8 Å². The van der Waals surface area contributed by atoms with E-state index in [9.17, 15) is 14.4 Å². The van der Waals surface area contributed by atoms with Gasteiger partial charge in [-0.1, -0.05) is 38.5 Å². The monoisotopic (exact) mass is 441 g/mol. The number of nitrogens with zero attached hydrogens (tertiary/aromatic N) is 2. The van der Waals surface area contributed by atoms with Crippen molar-refractivity contribution in [3.8, 4) is 0 Å². The molecule has 1 N–H and O–H groups in total. The van der Waals surface area contributed by atoms with Gasteiger partial charge in [0.05, 0.1) is 6.61 Å². The number of piperidine rings is 1. The molecule has 1 aliphatic carbocycles. The lowest BCUT2D eigenvalue weighted by atomic mass is 9.90. The average Bonchev–Trinajstić information content (AvgIpc) is 3.46. The van der Waals surface area contributed by atoms with Gasteiger partial charge in [-0.25, -0.2) is 0 Å². The van der Waals surface area contributed by atoms with Crippen LogP contribution in [0, 0.1) is 12.3 Å². The molecule has 32 heavy (non-hydrogen) atoms. The fraction of sp³-hybridized carbons (Fsp3) is 0.640. The molecule has 4 rings (SSSR count). The average molecular weight is 442 g/mol. The van der Waals surface area contributed by atoms with Crippen LogP contribution in [0.4, 0.5) is 0 Å². The minimum atomic E-state index is -0.856. The number of hydrogen-bond acceptors (Lipinski definition) is 4. The number of likely N-dealkylation sites (tertiary alicyclic amines) is 1. The third kappa shape index (κ3) is 4.82. The summed E-state index contributed by atoms with van der Waals surface area (Å²) in [6.45, 7) is 9.34. The number of amides is 3. The minimum Gasteiger partial charge on any atom is -0.353 e. The van der Waals surface area contributed by atoms with Gasteiger partial charge in [0, 0.05) is 44.0 Å². The number of nitrogens with one attached hydrogen (secondary N) is 1. The van der Waals surface area contributed by atoms with Gasteiger partial charge in [-0.05, 0) is 37.3 Å². The summed E-state index contributed by atoms with van der Waals surface area (Å²) in [4.78, 5) is 43.0. The molecule has 1 aromatic carbocycles. The van der Waals surface area contributed by atoms with Gasteiger partial charge in [-0.15, -0.1) is 0 Å². The van der Waals surface area contributed by atoms with Crippen LogP contribution in [0.25, 0.3) is 0 Å². The minimum absolute atomic E-state index is 0.0742. The van der Waals surface area contributed by atoms with Gasteiger partial charge in [0.1, 0.15) is 11.8 Å². The maximum atomic E-state index is 13.7. The second-order valence-corrected chi connectivity index (χ2v) is 10.7. The van der Waals surface area contributed by atoms with E-state index in [0.29, 0.717) is 37.9 Å². The first-order chi connectivity index (χ1) is 15.1. The van der Waals surface area contributed by atoms with E-state index >= 15 is 0 Å². The van der Waals surface area contributed by atoms with Crippen LogP contribution in [0.3, 0.4) is 0 Å². The Labute approximate surface area is 190 Å². The Hall–Kier alpha value is -2.41. The highest BCUT2D eigenvalue weighted by Gasteiger charge is 2.54. The molecule has 0 radical (unpaired) electrons. The summed E-state index contributed by atoms with van der Waals surface area (Å²) in [5, 5.41) is 3.04. The summed E-state index contributed by atoms with van der Waals surface area (Å²) < 4.78 is 6.24. The highest BCUT2D eigenvalue weighted by Crippen LogP contribution is 2.39. The summed E-state index contributed by atoms with van der Waals surface area (Å²) in [7, 11) is 0. The van der Waals surface area contributed by atoms with Gasteiger partial charge in [0.2, 0.25) is 11.8 Å². The van der Waals surface area contributed by atoms with E-state index in [1.807, 2.05) is 30.0 Å². The summed E-state index contributed by atoms with van der Waals surface area (Å²) in [6.07, 6.45) is 3.47. The number of ether oxygens (including phenoxy) is 1. The second kappa shape index (κ2) is 8.50. The fourth-order valence-electron chi connectivity index (χ4n) is 4.68. The van der Waals surface area contributed by atoms with Crippen molar-refractivity contribution in [1.82, 2.24) is 15.1 Å². The zero-order valence-electron chi connectivity index (χ0n) is 19.6. The zero-order chi connectivity index (χ0) is 23.1. The summed E-state index contributed by atoms with van der Waals surface area (Å²) in [5.41, 5.74) is 0.622. The van der Waals surface area contributed by atoms with Crippen molar-refractivity contribution in [2.24, 2.45) is 5.41 Å². The molecule has 1 spiro atoms. The van der Waals surface area contributed by atoms with Crippen LogP contribution >= 0.6 is 0 Å². The Morgan fingerprint density at radius 1 is 1.16 bits per heavy atom.